The fraction of sp³-hybridized carbons (Fsp3) is 0.143. The van der Waals surface area contributed by atoms with Crippen LogP contribution >= 0.6 is 0 Å². The van der Waals surface area contributed by atoms with Gasteiger partial charge in [-0.1, -0.05) is 18.2 Å². The van der Waals surface area contributed by atoms with Gasteiger partial charge in [0, 0.05) is 30.6 Å². The number of halogens is 4. The molecule has 2 heterocycles. The average Bonchev–Trinajstić information content (AvgIpc) is 3.11. The van der Waals surface area contributed by atoms with Crippen molar-refractivity contribution in [3.05, 3.63) is 77.7 Å². The number of amides is 2. The van der Waals surface area contributed by atoms with Crippen LogP contribution in [-0.4, -0.2) is 17.6 Å². The lowest BCUT2D eigenvalue weighted by atomic mass is 10.2. The third-order valence-corrected chi connectivity index (χ3v) is 4.53. The van der Waals surface area contributed by atoms with E-state index in [0.717, 1.165) is 23.7 Å². The van der Waals surface area contributed by atoms with Gasteiger partial charge in [0.2, 0.25) is 0 Å². The number of para-hydroxylation sites is 1. The molecule has 0 aliphatic carbocycles. The number of nitrogens with zero attached hydrogens (tertiary/aromatic N) is 2. The molecule has 0 saturated heterocycles. The van der Waals surface area contributed by atoms with Crippen LogP contribution in [0.25, 0.3) is 0 Å². The van der Waals surface area contributed by atoms with Gasteiger partial charge in [-0.2, -0.15) is 13.2 Å². The number of fused-ring (bicyclic) bond motifs is 1. The van der Waals surface area contributed by atoms with Gasteiger partial charge in [-0.3, -0.25) is 10.2 Å². The molecule has 0 atom stereocenters. The summed E-state index contributed by atoms with van der Waals surface area (Å²) in [4.78, 5) is 18.2. The van der Waals surface area contributed by atoms with Crippen LogP contribution in [0.4, 0.5) is 33.9 Å². The molecule has 5 nitrogen and oxygen atoms in total. The summed E-state index contributed by atoms with van der Waals surface area (Å²) >= 11 is 0. The Kier molecular flexibility index (Phi) is 5.03. The van der Waals surface area contributed by atoms with E-state index in [9.17, 15) is 22.4 Å². The first-order chi connectivity index (χ1) is 14.3. The first-order valence-electron chi connectivity index (χ1n) is 8.98. The molecule has 1 N–H and O–H groups in total. The van der Waals surface area contributed by atoms with Crippen molar-refractivity contribution in [2.75, 3.05) is 16.8 Å². The fourth-order valence-electron chi connectivity index (χ4n) is 3.19. The van der Waals surface area contributed by atoms with Crippen molar-refractivity contribution in [2.45, 2.75) is 12.6 Å². The number of rotatable bonds is 3. The zero-order valence-corrected chi connectivity index (χ0v) is 15.4. The van der Waals surface area contributed by atoms with E-state index in [1.54, 1.807) is 4.90 Å². The highest BCUT2D eigenvalue weighted by molar-refractivity contribution is 6.02. The Morgan fingerprint density at radius 2 is 1.87 bits per heavy atom. The minimum atomic E-state index is -4.70. The number of pyridine rings is 1. The van der Waals surface area contributed by atoms with Gasteiger partial charge in [-0.05, 0) is 36.2 Å². The first-order valence-corrected chi connectivity index (χ1v) is 8.98. The standard InChI is InChI=1S/C21H15F4N3O2/c22-15-9-14(21(23,24)25)10-17(11-15)30-16-5-7-26-19(12-16)27-20(29)28-8-6-13-3-1-2-4-18(13)28/h1-5,7,9-12H,6,8H2,(H,26,27,29). The van der Waals surface area contributed by atoms with E-state index in [-0.39, 0.29) is 17.3 Å². The van der Waals surface area contributed by atoms with E-state index in [1.165, 1.54) is 18.3 Å². The second-order valence-electron chi connectivity index (χ2n) is 6.61. The predicted octanol–water partition coefficient (Wildman–Crippen LogP) is 5.63. The summed E-state index contributed by atoms with van der Waals surface area (Å²) < 4.78 is 57.5. The summed E-state index contributed by atoms with van der Waals surface area (Å²) in [6.45, 7) is 0.519. The molecular weight excluding hydrogens is 402 g/mol. The van der Waals surface area contributed by atoms with Crippen molar-refractivity contribution in [1.29, 1.82) is 0 Å². The van der Waals surface area contributed by atoms with Crippen LogP contribution in [-0.2, 0) is 12.6 Å². The van der Waals surface area contributed by atoms with Crippen LogP contribution in [0, 0.1) is 5.82 Å². The maximum Gasteiger partial charge on any atom is 0.416 e. The molecule has 2 aromatic carbocycles. The summed E-state index contributed by atoms with van der Waals surface area (Å²) in [5, 5.41) is 2.64. The Morgan fingerprint density at radius 3 is 2.67 bits per heavy atom. The summed E-state index contributed by atoms with van der Waals surface area (Å²) in [7, 11) is 0. The van der Waals surface area contributed by atoms with Crippen molar-refractivity contribution in [3.8, 4) is 11.5 Å². The molecule has 0 fully saturated rings. The number of hydrogen-bond donors (Lipinski definition) is 1. The van der Waals surface area contributed by atoms with Crippen LogP contribution < -0.4 is 15.0 Å². The largest absolute Gasteiger partial charge is 0.457 e. The topological polar surface area (TPSA) is 54.5 Å². The molecule has 0 radical (unpaired) electrons. The number of hydrogen-bond acceptors (Lipinski definition) is 3. The number of alkyl halides is 3. The molecule has 2 amide bonds. The predicted molar refractivity (Wildman–Crippen MR) is 102 cm³/mol. The number of carbonyl (C=O) groups excluding carboxylic acids is 1. The van der Waals surface area contributed by atoms with Gasteiger partial charge in [0.15, 0.2) is 0 Å². The van der Waals surface area contributed by atoms with E-state index >= 15 is 0 Å². The van der Waals surface area contributed by atoms with Crippen LogP contribution in [0.1, 0.15) is 11.1 Å². The van der Waals surface area contributed by atoms with Gasteiger partial charge in [0.1, 0.15) is 23.1 Å². The van der Waals surface area contributed by atoms with E-state index in [1.807, 2.05) is 24.3 Å². The molecule has 30 heavy (non-hydrogen) atoms. The van der Waals surface area contributed by atoms with Crippen LogP contribution in [0.15, 0.2) is 60.8 Å². The van der Waals surface area contributed by atoms with E-state index < -0.39 is 23.6 Å². The maximum atomic E-state index is 13.6. The van der Waals surface area contributed by atoms with Gasteiger partial charge >= 0.3 is 12.2 Å². The first kappa shape index (κ1) is 19.7. The molecular formula is C21H15F4N3O2. The van der Waals surface area contributed by atoms with E-state index in [4.69, 9.17) is 4.74 Å². The Balaban J connectivity index is 1.50. The number of aromatic nitrogens is 1. The summed E-state index contributed by atoms with van der Waals surface area (Å²) in [5.41, 5.74) is 0.707. The summed E-state index contributed by atoms with van der Waals surface area (Å²) in [6, 6.07) is 11.8. The number of anilines is 2. The monoisotopic (exact) mass is 417 g/mol. The highest BCUT2D eigenvalue weighted by atomic mass is 19.4. The highest BCUT2D eigenvalue weighted by Crippen LogP contribution is 2.34. The minimum Gasteiger partial charge on any atom is -0.457 e. The zero-order valence-electron chi connectivity index (χ0n) is 15.4. The molecule has 0 spiro atoms. The van der Waals surface area contributed by atoms with Crippen molar-refractivity contribution in [3.63, 3.8) is 0 Å². The normalized spacial score (nSPS) is 13.1. The van der Waals surface area contributed by atoms with Gasteiger partial charge in [0.05, 0.1) is 5.56 Å². The third kappa shape index (κ3) is 4.19. The number of benzene rings is 2. The molecule has 0 unspecified atom stereocenters. The number of carbonyl (C=O) groups is 1. The molecule has 3 aromatic rings. The van der Waals surface area contributed by atoms with Gasteiger partial charge in [-0.25, -0.2) is 14.2 Å². The SMILES string of the molecule is O=C(Nc1cc(Oc2cc(F)cc(C(F)(F)F)c2)ccn1)N1CCc2ccccc21. The van der Waals surface area contributed by atoms with Gasteiger partial charge in [-0.15, -0.1) is 0 Å². The summed E-state index contributed by atoms with van der Waals surface area (Å²) in [5.74, 6) is -1.15. The number of nitrogens with one attached hydrogen (secondary N) is 1. The van der Waals surface area contributed by atoms with Crippen LogP contribution in [0.2, 0.25) is 0 Å². The Morgan fingerprint density at radius 1 is 1.07 bits per heavy atom. The lowest BCUT2D eigenvalue weighted by Crippen LogP contribution is -2.33. The number of urea groups is 1. The fourth-order valence-corrected chi connectivity index (χ4v) is 3.19. The van der Waals surface area contributed by atoms with Crippen LogP contribution in [0.5, 0.6) is 11.5 Å². The molecule has 9 heteroatoms. The molecule has 1 aliphatic heterocycles. The zero-order chi connectivity index (χ0) is 21.3. The molecule has 1 aromatic heterocycles. The lowest BCUT2D eigenvalue weighted by molar-refractivity contribution is -0.137. The average molecular weight is 417 g/mol. The molecule has 4 rings (SSSR count). The second kappa shape index (κ2) is 7.66. The number of ether oxygens (including phenoxy) is 1. The van der Waals surface area contributed by atoms with Crippen molar-refractivity contribution in [2.24, 2.45) is 0 Å². The van der Waals surface area contributed by atoms with Crippen molar-refractivity contribution in [1.82, 2.24) is 4.98 Å². The van der Waals surface area contributed by atoms with Crippen molar-refractivity contribution < 1.29 is 27.1 Å². The van der Waals surface area contributed by atoms with Crippen molar-refractivity contribution >= 4 is 17.5 Å². The smallest absolute Gasteiger partial charge is 0.416 e. The van der Waals surface area contributed by atoms with E-state index in [0.29, 0.717) is 18.7 Å². The lowest BCUT2D eigenvalue weighted by Gasteiger charge is -2.18. The molecule has 0 bridgehead atoms. The quantitative estimate of drug-likeness (QED) is 0.563. The Hall–Kier alpha value is -3.62. The van der Waals surface area contributed by atoms with Gasteiger partial charge in [0.25, 0.3) is 0 Å². The third-order valence-electron chi connectivity index (χ3n) is 4.53. The Bertz CT molecular complexity index is 1100. The van der Waals surface area contributed by atoms with Crippen LogP contribution in [0.3, 0.4) is 0 Å². The molecule has 0 saturated carbocycles. The minimum absolute atomic E-state index is 0.0980. The highest BCUT2D eigenvalue weighted by Gasteiger charge is 2.31. The molecule has 1 aliphatic rings. The maximum absolute atomic E-state index is 13.6. The molecule has 154 valence electrons. The Labute approximate surface area is 168 Å². The van der Waals surface area contributed by atoms with Gasteiger partial charge < -0.3 is 4.74 Å². The second-order valence-corrected chi connectivity index (χ2v) is 6.61. The van der Waals surface area contributed by atoms with E-state index in [2.05, 4.69) is 10.3 Å². The summed E-state index contributed by atoms with van der Waals surface area (Å²) in [6.07, 6.45) is -2.64.